The highest BCUT2D eigenvalue weighted by atomic mass is 16.5. The summed E-state index contributed by atoms with van der Waals surface area (Å²) in [6.45, 7) is 0.817. The van der Waals surface area contributed by atoms with Crippen molar-refractivity contribution in [3.8, 4) is 28.8 Å². The SMILES string of the molecule is CN1C=CN(c2cccc(Oc3cccc(-c4ncc(-n5c6ccccc6c6ccccc65)o4)c3)c2)C1. The van der Waals surface area contributed by atoms with E-state index in [1.54, 1.807) is 6.20 Å². The van der Waals surface area contributed by atoms with Crippen molar-refractivity contribution in [2.75, 3.05) is 18.6 Å². The molecular formula is C31H24N4O2. The summed E-state index contributed by atoms with van der Waals surface area (Å²) in [4.78, 5) is 8.91. The molecule has 0 amide bonds. The fraction of sp³-hybridized carbons (Fsp3) is 0.0645. The number of para-hydroxylation sites is 2. The number of aromatic nitrogens is 2. The van der Waals surface area contributed by atoms with Gasteiger partial charge in [-0.05, 0) is 42.5 Å². The zero-order valence-corrected chi connectivity index (χ0v) is 20.3. The van der Waals surface area contributed by atoms with Gasteiger partial charge in [0, 0.05) is 47.5 Å². The van der Waals surface area contributed by atoms with Crippen molar-refractivity contribution in [1.29, 1.82) is 0 Å². The minimum absolute atomic E-state index is 0.543. The Kier molecular flexibility index (Phi) is 4.96. The highest BCUT2D eigenvalue weighted by Gasteiger charge is 2.16. The van der Waals surface area contributed by atoms with Gasteiger partial charge >= 0.3 is 0 Å². The lowest BCUT2D eigenvalue weighted by atomic mass is 10.2. The van der Waals surface area contributed by atoms with Crippen molar-refractivity contribution < 1.29 is 9.15 Å². The van der Waals surface area contributed by atoms with Gasteiger partial charge in [-0.2, -0.15) is 0 Å². The molecule has 3 heterocycles. The van der Waals surface area contributed by atoms with Gasteiger partial charge in [0.05, 0.1) is 23.9 Å². The van der Waals surface area contributed by atoms with Crippen LogP contribution in [0.3, 0.4) is 0 Å². The van der Waals surface area contributed by atoms with Gasteiger partial charge in [0.1, 0.15) is 11.5 Å². The third-order valence-corrected chi connectivity index (χ3v) is 6.64. The molecule has 4 aromatic carbocycles. The second kappa shape index (κ2) is 8.60. The van der Waals surface area contributed by atoms with Crippen molar-refractivity contribution in [3.63, 3.8) is 0 Å². The van der Waals surface area contributed by atoms with Gasteiger partial charge in [0.25, 0.3) is 0 Å². The van der Waals surface area contributed by atoms with Gasteiger partial charge in [0.2, 0.25) is 11.8 Å². The normalized spacial score (nSPS) is 13.2. The van der Waals surface area contributed by atoms with Crippen LogP contribution in [0.5, 0.6) is 11.5 Å². The van der Waals surface area contributed by atoms with Crippen LogP contribution < -0.4 is 9.64 Å². The van der Waals surface area contributed by atoms with Gasteiger partial charge in [0.15, 0.2) is 0 Å². The van der Waals surface area contributed by atoms with E-state index >= 15 is 0 Å². The number of anilines is 1. The first-order valence-corrected chi connectivity index (χ1v) is 12.2. The van der Waals surface area contributed by atoms with E-state index in [0.717, 1.165) is 40.5 Å². The Hall–Kier alpha value is -4.97. The molecule has 37 heavy (non-hydrogen) atoms. The maximum Gasteiger partial charge on any atom is 0.228 e. The van der Waals surface area contributed by atoms with Crippen molar-refractivity contribution in [2.24, 2.45) is 0 Å². The molecule has 180 valence electrons. The van der Waals surface area contributed by atoms with Crippen LogP contribution in [0.1, 0.15) is 0 Å². The molecule has 6 aromatic rings. The minimum Gasteiger partial charge on any atom is -0.457 e. The lowest BCUT2D eigenvalue weighted by molar-refractivity contribution is 0.480. The molecule has 0 atom stereocenters. The van der Waals surface area contributed by atoms with Gasteiger partial charge < -0.3 is 19.0 Å². The fourth-order valence-corrected chi connectivity index (χ4v) is 4.91. The van der Waals surface area contributed by atoms with Gasteiger partial charge in [-0.25, -0.2) is 4.98 Å². The average molecular weight is 485 g/mol. The average Bonchev–Trinajstić information content (AvgIpc) is 3.66. The lowest BCUT2D eigenvalue weighted by Crippen LogP contribution is -2.21. The highest BCUT2D eigenvalue weighted by molar-refractivity contribution is 6.08. The molecule has 0 unspecified atom stereocenters. The summed E-state index contributed by atoms with van der Waals surface area (Å²) in [6, 6.07) is 32.6. The van der Waals surface area contributed by atoms with Gasteiger partial charge in [-0.15, -0.1) is 0 Å². The molecule has 0 bridgehead atoms. The van der Waals surface area contributed by atoms with E-state index in [1.165, 1.54) is 10.8 Å². The molecule has 6 heteroatoms. The summed E-state index contributed by atoms with van der Waals surface area (Å²) in [5, 5.41) is 2.37. The topological polar surface area (TPSA) is 46.7 Å². The van der Waals surface area contributed by atoms with Gasteiger partial charge in [-0.1, -0.05) is 48.5 Å². The second-order valence-corrected chi connectivity index (χ2v) is 9.17. The molecule has 7 rings (SSSR count). The van der Waals surface area contributed by atoms with E-state index in [-0.39, 0.29) is 0 Å². The first-order valence-electron chi connectivity index (χ1n) is 12.2. The third kappa shape index (κ3) is 3.79. The Morgan fingerprint density at radius 3 is 2.19 bits per heavy atom. The lowest BCUT2D eigenvalue weighted by Gasteiger charge is -2.19. The predicted molar refractivity (Wildman–Crippen MR) is 147 cm³/mol. The largest absolute Gasteiger partial charge is 0.457 e. The summed E-state index contributed by atoms with van der Waals surface area (Å²) in [5.41, 5.74) is 4.10. The Balaban J connectivity index is 1.20. The van der Waals surface area contributed by atoms with Crippen molar-refractivity contribution in [3.05, 3.63) is 116 Å². The van der Waals surface area contributed by atoms with E-state index < -0.39 is 0 Å². The number of fused-ring (bicyclic) bond motifs is 3. The van der Waals surface area contributed by atoms with Crippen LogP contribution in [-0.4, -0.2) is 28.2 Å². The molecule has 0 radical (unpaired) electrons. The summed E-state index contributed by atoms with van der Waals surface area (Å²) >= 11 is 0. The maximum atomic E-state index is 6.31. The molecule has 2 aromatic heterocycles. The molecular weight excluding hydrogens is 460 g/mol. The molecule has 6 nitrogen and oxygen atoms in total. The van der Waals surface area contributed by atoms with Crippen molar-refractivity contribution in [1.82, 2.24) is 14.5 Å². The van der Waals surface area contributed by atoms with Crippen molar-refractivity contribution in [2.45, 2.75) is 0 Å². The first-order chi connectivity index (χ1) is 18.2. The molecule has 0 fully saturated rings. The number of rotatable bonds is 5. The third-order valence-electron chi connectivity index (χ3n) is 6.64. The van der Waals surface area contributed by atoms with Crippen LogP contribution in [0.2, 0.25) is 0 Å². The monoisotopic (exact) mass is 484 g/mol. The Bertz CT molecular complexity index is 1730. The van der Waals surface area contributed by atoms with E-state index in [4.69, 9.17) is 9.15 Å². The zero-order chi connectivity index (χ0) is 24.8. The number of hydrogen-bond acceptors (Lipinski definition) is 5. The second-order valence-electron chi connectivity index (χ2n) is 9.17. The number of nitrogens with zero attached hydrogens (tertiary/aromatic N) is 4. The van der Waals surface area contributed by atoms with Crippen LogP contribution >= 0.6 is 0 Å². The highest BCUT2D eigenvalue weighted by Crippen LogP contribution is 2.34. The molecule has 0 saturated carbocycles. The number of benzene rings is 4. The summed E-state index contributed by atoms with van der Waals surface area (Å²) < 4.78 is 14.7. The Morgan fingerprint density at radius 2 is 1.46 bits per heavy atom. The van der Waals surface area contributed by atoms with Crippen LogP contribution in [0.25, 0.3) is 39.1 Å². The van der Waals surface area contributed by atoms with Crippen LogP contribution in [0, 0.1) is 0 Å². The maximum absolute atomic E-state index is 6.31. The smallest absolute Gasteiger partial charge is 0.228 e. The summed E-state index contributed by atoms with van der Waals surface area (Å²) in [7, 11) is 2.05. The molecule has 1 aliphatic heterocycles. The van der Waals surface area contributed by atoms with E-state index in [9.17, 15) is 0 Å². The Labute approximate surface area is 214 Å². The molecule has 0 aliphatic carbocycles. The molecule has 0 N–H and O–H groups in total. The molecule has 0 saturated heterocycles. The minimum atomic E-state index is 0.543. The summed E-state index contributed by atoms with van der Waals surface area (Å²) in [6.07, 6.45) is 5.91. The molecule has 0 spiro atoms. The zero-order valence-electron chi connectivity index (χ0n) is 20.3. The van der Waals surface area contributed by atoms with E-state index in [1.807, 2.05) is 54.6 Å². The standard InChI is InChI=1S/C31H24N4O2/c1-33-16-17-34(21-33)23-9-7-11-25(19-23)36-24-10-6-8-22(18-24)31-32-20-30(37-31)35-28-14-4-2-12-26(28)27-13-3-5-15-29(27)35/h2-20H,21H2,1H3. The van der Waals surface area contributed by atoms with Gasteiger partial charge in [-0.3, -0.25) is 4.57 Å². The Morgan fingerprint density at radius 1 is 0.757 bits per heavy atom. The first kappa shape index (κ1) is 21.3. The van der Waals surface area contributed by atoms with E-state index in [2.05, 4.69) is 81.3 Å². The van der Waals surface area contributed by atoms with Crippen LogP contribution in [-0.2, 0) is 0 Å². The fourth-order valence-electron chi connectivity index (χ4n) is 4.91. The molecule has 1 aliphatic rings. The number of oxazole rings is 1. The number of hydrogen-bond donors (Lipinski definition) is 0. The predicted octanol–water partition coefficient (Wildman–Crippen LogP) is 7.41. The van der Waals surface area contributed by atoms with Crippen molar-refractivity contribution >= 4 is 27.5 Å². The van der Waals surface area contributed by atoms with Crippen LogP contribution in [0.15, 0.2) is 120 Å². The number of ether oxygens (including phenoxy) is 1. The summed E-state index contributed by atoms with van der Waals surface area (Å²) in [5.74, 6) is 2.72. The quantitative estimate of drug-likeness (QED) is 0.255. The van der Waals surface area contributed by atoms with E-state index in [0.29, 0.717) is 11.8 Å². The van der Waals surface area contributed by atoms with Crippen LogP contribution in [0.4, 0.5) is 5.69 Å².